The van der Waals surface area contributed by atoms with Crippen molar-refractivity contribution in [2.75, 3.05) is 26.2 Å². The fraction of sp³-hybridized carbons (Fsp3) is 0.854. The number of likely N-dealkylation sites (tertiary alicyclic amines) is 1. The van der Waals surface area contributed by atoms with Gasteiger partial charge in [0.05, 0.1) is 13.2 Å². The summed E-state index contributed by atoms with van der Waals surface area (Å²) < 4.78 is 10.9. The van der Waals surface area contributed by atoms with Crippen LogP contribution in [0.3, 0.4) is 0 Å². The van der Waals surface area contributed by atoms with E-state index < -0.39 is 11.9 Å². The maximum Gasteiger partial charge on any atom is 0.407 e. The summed E-state index contributed by atoms with van der Waals surface area (Å²) >= 11 is 0. The van der Waals surface area contributed by atoms with Crippen LogP contribution in [0.4, 0.5) is 4.79 Å². The van der Waals surface area contributed by atoms with Crippen LogP contribution in [-0.2, 0) is 23.9 Å². The summed E-state index contributed by atoms with van der Waals surface area (Å²) in [4.78, 5) is 50.8. The topological polar surface area (TPSA) is 102 Å². The van der Waals surface area contributed by atoms with E-state index in [-0.39, 0.29) is 49.0 Å². The Kier molecular flexibility index (Phi) is 12.6. The molecule has 8 heteroatoms. The Morgan fingerprint density at radius 2 is 1.78 bits per heavy atom. The number of alkyl carbamates (subject to hydrolysis) is 1. The van der Waals surface area contributed by atoms with Crippen LogP contribution < -0.4 is 5.32 Å². The van der Waals surface area contributed by atoms with Crippen LogP contribution in [0.2, 0.25) is 0 Å². The molecule has 0 radical (unpaired) electrons. The molecular formula is C41H66N2O6. The Morgan fingerprint density at radius 3 is 2.53 bits per heavy atom. The number of esters is 1. The zero-order valence-corrected chi connectivity index (χ0v) is 31.5. The third kappa shape index (κ3) is 8.41. The van der Waals surface area contributed by atoms with Gasteiger partial charge in [-0.3, -0.25) is 14.4 Å². The third-order valence-corrected chi connectivity index (χ3v) is 13.9. The van der Waals surface area contributed by atoms with Gasteiger partial charge in [-0.1, -0.05) is 72.0 Å². The molecule has 1 N–H and O–H groups in total. The summed E-state index contributed by atoms with van der Waals surface area (Å²) in [6.07, 6.45) is 18.5. The molecule has 0 aromatic rings. The lowest BCUT2D eigenvalue weighted by Gasteiger charge is -2.58. The van der Waals surface area contributed by atoms with Crippen molar-refractivity contribution in [1.82, 2.24) is 10.2 Å². The van der Waals surface area contributed by atoms with Gasteiger partial charge in [0.1, 0.15) is 12.0 Å². The quantitative estimate of drug-likeness (QED) is 0.0857. The average molecular weight is 683 g/mol. The molecule has 1 saturated heterocycles. The van der Waals surface area contributed by atoms with E-state index in [0.717, 1.165) is 67.6 Å². The highest BCUT2D eigenvalue weighted by Gasteiger charge is 2.59. The fourth-order valence-corrected chi connectivity index (χ4v) is 11.2. The highest BCUT2D eigenvalue weighted by molar-refractivity contribution is 6.04. The second-order valence-corrected chi connectivity index (χ2v) is 17.3. The minimum Gasteiger partial charge on any atom is -0.465 e. The maximum atomic E-state index is 12.7. The van der Waals surface area contributed by atoms with E-state index in [0.29, 0.717) is 24.8 Å². The van der Waals surface area contributed by atoms with Gasteiger partial charge in [0, 0.05) is 25.9 Å². The Bertz CT molecular complexity index is 1230. The Morgan fingerprint density at radius 1 is 0.980 bits per heavy atom. The molecule has 9 atom stereocenters. The van der Waals surface area contributed by atoms with Crippen molar-refractivity contribution < 1.29 is 28.7 Å². The van der Waals surface area contributed by atoms with E-state index in [1.807, 2.05) is 0 Å². The zero-order valence-electron chi connectivity index (χ0n) is 31.5. The standard InChI is InChI=1S/C41H66N2O6/c1-7-48-38(46)32-25-43(26-36(32)44)37(45)14-9-8-10-23-42-39(47)49-30-19-21-40(5)29(24-30)15-16-31-34-18-17-33(28(4)13-11-12-27(2)3)41(34,6)22-20-35(31)40/h15,27-28,30-35H,7-14,16-26H2,1-6H3,(H,42,47)/t28?,30?,31?,32?,33-,34?,35?,40+,41-/m1/s1. The monoisotopic (exact) mass is 682 g/mol. The molecule has 4 fully saturated rings. The van der Waals surface area contributed by atoms with E-state index in [1.54, 1.807) is 6.92 Å². The second kappa shape index (κ2) is 16.3. The number of hydrogen-bond donors (Lipinski definition) is 1. The number of rotatable bonds is 14. The number of fused-ring (bicyclic) bond motifs is 5. The van der Waals surface area contributed by atoms with Gasteiger partial charge >= 0.3 is 12.1 Å². The van der Waals surface area contributed by atoms with Gasteiger partial charge in [-0.2, -0.15) is 0 Å². The van der Waals surface area contributed by atoms with Crippen LogP contribution in [0.25, 0.3) is 0 Å². The zero-order chi connectivity index (χ0) is 35.3. The smallest absolute Gasteiger partial charge is 0.407 e. The number of ketones is 1. The summed E-state index contributed by atoms with van der Waals surface area (Å²) in [5.74, 6) is 3.16. The summed E-state index contributed by atoms with van der Waals surface area (Å²) in [5, 5.41) is 2.92. The number of carbonyl (C=O) groups excluding carboxylic acids is 4. The number of nitrogens with one attached hydrogen (secondary N) is 1. The van der Waals surface area contributed by atoms with Crippen molar-refractivity contribution in [3.05, 3.63) is 11.6 Å². The molecule has 0 spiro atoms. The third-order valence-electron chi connectivity index (χ3n) is 13.9. The largest absolute Gasteiger partial charge is 0.465 e. The van der Waals surface area contributed by atoms with E-state index in [2.05, 4.69) is 46.0 Å². The van der Waals surface area contributed by atoms with Gasteiger partial charge in [0.2, 0.25) is 5.91 Å². The Hall–Kier alpha value is -2.38. The van der Waals surface area contributed by atoms with Crippen LogP contribution >= 0.6 is 0 Å². The minimum absolute atomic E-state index is 0.0212. The highest BCUT2D eigenvalue weighted by Crippen LogP contribution is 2.67. The predicted octanol–water partition coefficient (Wildman–Crippen LogP) is 8.27. The van der Waals surface area contributed by atoms with E-state index in [9.17, 15) is 19.2 Å². The van der Waals surface area contributed by atoms with Crippen LogP contribution in [0.15, 0.2) is 11.6 Å². The van der Waals surface area contributed by atoms with Gasteiger partial charge in [-0.25, -0.2) is 4.79 Å². The van der Waals surface area contributed by atoms with Crippen LogP contribution in [-0.4, -0.2) is 61.0 Å². The number of carbonyl (C=O) groups is 4. The van der Waals surface area contributed by atoms with Crippen molar-refractivity contribution >= 4 is 23.8 Å². The molecule has 4 aliphatic carbocycles. The summed E-state index contributed by atoms with van der Waals surface area (Å²) in [6.45, 7) is 15.0. The van der Waals surface area contributed by atoms with Crippen molar-refractivity contribution in [1.29, 1.82) is 0 Å². The summed E-state index contributed by atoms with van der Waals surface area (Å²) in [7, 11) is 0. The molecule has 2 amide bonds. The first-order valence-corrected chi connectivity index (χ1v) is 20.0. The normalized spacial score (nSPS) is 34.5. The molecule has 0 aromatic carbocycles. The molecule has 0 aromatic heterocycles. The molecular weight excluding hydrogens is 616 g/mol. The second-order valence-electron chi connectivity index (χ2n) is 17.3. The molecule has 0 bridgehead atoms. The van der Waals surface area contributed by atoms with Gasteiger partial charge < -0.3 is 19.7 Å². The molecule has 5 aliphatic rings. The van der Waals surface area contributed by atoms with Crippen molar-refractivity contribution in [3.8, 4) is 0 Å². The van der Waals surface area contributed by atoms with Gasteiger partial charge in [-0.15, -0.1) is 0 Å². The first kappa shape index (κ1) is 37.9. The molecule has 1 aliphatic heterocycles. The van der Waals surface area contributed by atoms with Crippen molar-refractivity contribution in [3.63, 3.8) is 0 Å². The lowest BCUT2D eigenvalue weighted by molar-refractivity contribution is -0.149. The number of unbranched alkanes of at least 4 members (excludes halogenated alkanes) is 2. The number of nitrogens with zero attached hydrogens (tertiary/aromatic N) is 1. The van der Waals surface area contributed by atoms with Crippen molar-refractivity contribution in [2.45, 2.75) is 144 Å². The Labute approximate surface area is 296 Å². The number of amides is 2. The molecule has 49 heavy (non-hydrogen) atoms. The summed E-state index contributed by atoms with van der Waals surface area (Å²) in [6, 6.07) is 0. The maximum absolute atomic E-state index is 12.7. The Balaban J connectivity index is 1.02. The number of hydrogen-bond acceptors (Lipinski definition) is 6. The lowest BCUT2D eigenvalue weighted by Crippen LogP contribution is -2.51. The first-order chi connectivity index (χ1) is 23.4. The molecule has 8 nitrogen and oxygen atoms in total. The lowest BCUT2D eigenvalue weighted by atomic mass is 9.47. The van der Waals surface area contributed by atoms with Gasteiger partial charge in [-0.05, 0) is 111 Å². The van der Waals surface area contributed by atoms with E-state index >= 15 is 0 Å². The molecule has 5 rings (SSSR count). The molecule has 1 heterocycles. The number of allylic oxidation sites excluding steroid dienone is 1. The van der Waals surface area contributed by atoms with E-state index in [4.69, 9.17) is 9.47 Å². The SMILES string of the molecule is CCOC(=O)C1CN(C(=O)CCCCCNC(=O)OC2CC[C@@]3(C)C(=CCC4C3CC[C@@]3(C)C4CC[C@@H]3C(C)CCCC(C)C)C2)CC1=O. The summed E-state index contributed by atoms with van der Waals surface area (Å²) in [5.41, 5.74) is 2.27. The first-order valence-electron chi connectivity index (χ1n) is 20.0. The van der Waals surface area contributed by atoms with Crippen LogP contribution in [0, 0.1) is 52.3 Å². The minimum atomic E-state index is -0.856. The van der Waals surface area contributed by atoms with E-state index in [1.165, 1.54) is 61.8 Å². The van der Waals surface area contributed by atoms with Crippen LogP contribution in [0.5, 0.6) is 0 Å². The highest BCUT2D eigenvalue weighted by atomic mass is 16.6. The van der Waals surface area contributed by atoms with Crippen LogP contribution in [0.1, 0.15) is 138 Å². The predicted molar refractivity (Wildman–Crippen MR) is 191 cm³/mol. The molecule has 276 valence electrons. The molecule has 6 unspecified atom stereocenters. The number of Topliss-reactive ketones (excluding diaryl/α,β-unsaturated/α-hetero) is 1. The average Bonchev–Trinajstić information content (AvgIpc) is 3.62. The fourth-order valence-electron chi connectivity index (χ4n) is 11.2. The van der Waals surface area contributed by atoms with Gasteiger partial charge in [0.15, 0.2) is 5.78 Å². The molecule has 3 saturated carbocycles. The van der Waals surface area contributed by atoms with Crippen molar-refractivity contribution in [2.24, 2.45) is 52.3 Å². The van der Waals surface area contributed by atoms with Gasteiger partial charge in [0.25, 0.3) is 0 Å². The number of ether oxygens (including phenoxy) is 2.